The quantitative estimate of drug-likeness (QED) is 0.220. The molecule has 0 spiro atoms. The van der Waals surface area contributed by atoms with Gasteiger partial charge in [-0.15, -0.1) is 0 Å². The van der Waals surface area contributed by atoms with Crippen molar-refractivity contribution >= 4 is 23.5 Å². The van der Waals surface area contributed by atoms with E-state index in [-0.39, 0.29) is 24.7 Å². The lowest BCUT2D eigenvalue weighted by atomic mass is 9.93. The number of epoxide rings is 1. The molecular formula is C31H44N4O7. The molecule has 11 heteroatoms. The fourth-order valence-electron chi connectivity index (χ4n) is 5.40. The molecule has 42 heavy (non-hydrogen) atoms. The number of carbonyl (C=O) groups is 4. The zero-order valence-corrected chi connectivity index (χ0v) is 25.1. The average Bonchev–Trinajstić information content (AvgIpc) is 3.61. The van der Waals surface area contributed by atoms with Crippen molar-refractivity contribution in [3.8, 4) is 5.75 Å². The molecule has 2 saturated heterocycles. The van der Waals surface area contributed by atoms with E-state index in [9.17, 15) is 19.2 Å². The third kappa shape index (κ3) is 8.62. The summed E-state index contributed by atoms with van der Waals surface area (Å²) in [6, 6.07) is 4.61. The first-order valence-electron chi connectivity index (χ1n) is 14.8. The van der Waals surface area contributed by atoms with Gasteiger partial charge in [-0.2, -0.15) is 0 Å². The van der Waals surface area contributed by atoms with Crippen LogP contribution in [0.2, 0.25) is 0 Å². The summed E-state index contributed by atoms with van der Waals surface area (Å²) in [4.78, 5) is 55.0. The minimum Gasteiger partial charge on any atom is -0.497 e. The average molecular weight is 585 g/mol. The van der Waals surface area contributed by atoms with Crippen LogP contribution in [0.15, 0.2) is 35.4 Å². The molecule has 0 aromatic heterocycles. The Morgan fingerprint density at radius 2 is 1.64 bits per heavy atom. The summed E-state index contributed by atoms with van der Waals surface area (Å²) in [5.74, 6) is -0.733. The summed E-state index contributed by atoms with van der Waals surface area (Å²) in [7, 11) is 1.57. The second kappa shape index (κ2) is 14.3. The van der Waals surface area contributed by atoms with Gasteiger partial charge < -0.3 is 30.2 Å². The van der Waals surface area contributed by atoms with Gasteiger partial charge >= 0.3 is 0 Å². The molecule has 3 aliphatic rings. The molecule has 4 atom stereocenters. The van der Waals surface area contributed by atoms with E-state index in [1.807, 2.05) is 17.0 Å². The number of methoxy groups -OCH3 is 1. The van der Waals surface area contributed by atoms with Gasteiger partial charge in [0.15, 0.2) is 5.78 Å². The molecule has 3 unspecified atom stereocenters. The second-order valence-corrected chi connectivity index (χ2v) is 11.7. The number of hydrogen-bond acceptors (Lipinski definition) is 8. The third-order valence-corrected chi connectivity index (χ3v) is 8.29. The molecule has 2 aliphatic heterocycles. The van der Waals surface area contributed by atoms with Crippen molar-refractivity contribution in [3.63, 3.8) is 0 Å². The van der Waals surface area contributed by atoms with Crippen LogP contribution in [0.5, 0.6) is 5.75 Å². The fourth-order valence-corrected chi connectivity index (χ4v) is 5.40. The molecule has 0 bridgehead atoms. The monoisotopic (exact) mass is 584 g/mol. The van der Waals surface area contributed by atoms with Gasteiger partial charge in [-0.25, -0.2) is 0 Å². The summed E-state index contributed by atoms with van der Waals surface area (Å²) < 4.78 is 16.0. The van der Waals surface area contributed by atoms with E-state index < -0.39 is 35.5 Å². The standard InChI is InChI=1S/C31H44N4O7/c1-20-6-5-7-23(20)17-25(28(37)31(3)19-42-31)33-30(39)26(16-22-8-10-24(40-4)11-9-22)34-29(38)21(2)32-27(36)18-35-12-14-41-15-13-35/h8-11,21,25-26H,5-7,12-19H2,1-4H3,(H,32,36)(H,33,39)(H,34,38)/t21?,25?,26?,31-/m1/s1. The smallest absolute Gasteiger partial charge is 0.243 e. The highest BCUT2D eigenvalue weighted by Crippen LogP contribution is 2.33. The SMILES string of the molecule is COc1ccc(CC(NC(=O)C(C)NC(=O)CN2CCOCC2)C(=O)NC(CC2=C(C)CCC2)C(=O)[C@@]2(C)CO2)cc1. The highest BCUT2D eigenvalue weighted by molar-refractivity contribution is 5.98. The van der Waals surface area contributed by atoms with E-state index in [4.69, 9.17) is 14.2 Å². The fraction of sp³-hybridized carbons (Fsp3) is 0.613. The number of Topliss-reactive ketones (excluding diaryl/α,β-unsaturated/α-hetero) is 1. The molecule has 1 aromatic rings. The minimum atomic E-state index is -0.980. The number of ketones is 1. The molecule has 1 aromatic carbocycles. The molecule has 11 nitrogen and oxygen atoms in total. The van der Waals surface area contributed by atoms with Crippen LogP contribution in [0, 0.1) is 0 Å². The maximum Gasteiger partial charge on any atom is 0.243 e. The number of hydrogen-bond donors (Lipinski definition) is 3. The van der Waals surface area contributed by atoms with Crippen molar-refractivity contribution in [1.82, 2.24) is 20.9 Å². The molecule has 3 amide bonds. The number of nitrogens with one attached hydrogen (secondary N) is 3. The van der Waals surface area contributed by atoms with Gasteiger partial charge in [0.05, 0.1) is 39.5 Å². The first-order chi connectivity index (χ1) is 20.1. The van der Waals surface area contributed by atoms with Crippen molar-refractivity contribution < 1.29 is 33.4 Å². The van der Waals surface area contributed by atoms with Crippen molar-refractivity contribution in [2.75, 3.05) is 46.6 Å². The lowest BCUT2D eigenvalue weighted by Crippen LogP contribution is -2.57. The van der Waals surface area contributed by atoms with E-state index in [1.54, 1.807) is 33.1 Å². The van der Waals surface area contributed by atoms with Gasteiger partial charge in [-0.3, -0.25) is 24.1 Å². The minimum absolute atomic E-state index is 0.163. The number of nitrogens with zero attached hydrogens (tertiary/aromatic N) is 1. The Morgan fingerprint density at radius 1 is 0.976 bits per heavy atom. The summed E-state index contributed by atoms with van der Waals surface area (Å²) in [5.41, 5.74) is 2.34. The van der Waals surface area contributed by atoms with Gasteiger partial charge in [0.1, 0.15) is 23.4 Å². The number of benzene rings is 1. The number of amides is 3. The van der Waals surface area contributed by atoms with Gasteiger partial charge in [0.25, 0.3) is 0 Å². The number of allylic oxidation sites excluding steroid dienone is 1. The summed E-state index contributed by atoms with van der Waals surface area (Å²) >= 11 is 0. The Hall–Kier alpha value is -3.28. The van der Waals surface area contributed by atoms with Gasteiger partial charge in [0, 0.05) is 19.5 Å². The van der Waals surface area contributed by atoms with Crippen LogP contribution in [0.1, 0.15) is 52.0 Å². The van der Waals surface area contributed by atoms with E-state index in [0.717, 1.165) is 24.8 Å². The molecular weight excluding hydrogens is 540 g/mol. The predicted molar refractivity (Wildman–Crippen MR) is 156 cm³/mol. The molecule has 0 saturated carbocycles. The van der Waals surface area contributed by atoms with Crippen LogP contribution in [0.4, 0.5) is 0 Å². The number of rotatable bonds is 14. The lowest BCUT2D eigenvalue weighted by Gasteiger charge is -2.27. The molecule has 2 heterocycles. The molecule has 3 N–H and O–H groups in total. The second-order valence-electron chi connectivity index (χ2n) is 11.7. The maximum absolute atomic E-state index is 13.8. The summed E-state index contributed by atoms with van der Waals surface area (Å²) in [6.07, 6.45) is 3.54. The largest absolute Gasteiger partial charge is 0.497 e. The van der Waals surface area contributed by atoms with Crippen LogP contribution < -0.4 is 20.7 Å². The number of carbonyl (C=O) groups excluding carboxylic acids is 4. The van der Waals surface area contributed by atoms with Crippen molar-refractivity contribution in [3.05, 3.63) is 41.0 Å². The zero-order valence-electron chi connectivity index (χ0n) is 25.1. The van der Waals surface area contributed by atoms with Crippen LogP contribution in [-0.4, -0.2) is 98.7 Å². The number of ether oxygens (including phenoxy) is 3. The molecule has 0 radical (unpaired) electrons. The summed E-state index contributed by atoms with van der Waals surface area (Å²) in [5, 5.41) is 8.50. The van der Waals surface area contributed by atoms with Crippen LogP contribution >= 0.6 is 0 Å². The Kier molecular flexibility index (Phi) is 10.7. The Morgan fingerprint density at radius 3 is 2.24 bits per heavy atom. The number of morpholine rings is 1. The van der Waals surface area contributed by atoms with E-state index in [2.05, 4.69) is 22.9 Å². The summed E-state index contributed by atoms with van der Waals surface area (Å²) in [6.45, 7) is 8.32. The third-order valence-electron chi connectivity index (χ3n) is 8.29. The van der Waals surface area contributed by atoms with Crippen LogP contribution in [-0.2, 0) is 35.1 Å². The molecule has 2 fully saturated rings. The lowest BCUT2D eigenvalue weighted by molar-refractivity contribution is -0.134. The van der Waals surface area contributed by atoms with E-state index in [0.29, 0.717) is 45.1 Å². The van der Waals surface area contributed by atoms with Crippen molar-refractivity contribution in [1.29, 1.82) is 0 Å². The maximum atomic E-state index is 13.8. The normalized spacial score (nSPS) is 22.6. The van der Waals surface area contributed by atoms with Gasteiger partial charge in [-0.05, 0) is 64.2 Å². The highest BCUT2D eigenvalue weighted by atomic mass is 16.6. The predicted octanol–water partition coefficient (Wildman–Crippen LogP) is 1.29. The van der Waals surface area contributed by atoms with E-state index in [1.165, 1.54) is 11.1 Å². The van der Waals surface area contributed by atoms with Crippen LogP contribution in [0.25, 0.3) is 0 Å². The van der Waals surface area contributed by atoms with Gasteiger partial charge in [-0.1, -0.05) is 23.3 Å². The highest BCUT2D eigenvalue weighted by Gasteiger charge is 2.50. The van der Waals surface area contributed by atoms with Crippen molar-refractivity contribution in [2.24, 2.45) is 0 Å². The van der Waals surface area contributed by atoms with Gasteiger partial charge in [0.2, 0.25) is 17.7 Å². The zero-order chi connectivity index (χ0) is 30.3. The Balaban J connectivity index is 1.46. The van der Waals surface area contributed by atoms with E-state index >= 15 is 0 Å². The first kappa shape index (κ1) is 31.7. The first-order valence-corrected chi connectivity index (χ1v) is 14.8. The molecule has 230 valence electrons. The van der Waals surface area contributed by atoms with Crippen molar-refractivity contribution in [2.45, 2.75) is 76.6 Å². The Labute approximate surface area is 247 Å². The molecule has 1 aliphatic carbocycles. The Bertz CT molecular complexity index is 1170. The molecule has 4 rings (SSSR count). The van der Waals surface area contributed by atoms with Crippen LogP contribution in [0.3, 0.4) is 0 Å². The topological polar surface area (TPSA) is 139 Å².